The zero-order valence-electron chi connectivity index (χ0n) is 17.3. The normalized spacial score (nSPS) is 14.2. The number of hydrogen-bond acceptors (Lipinski definition) is 5. The lowest BCUT2D eigenvalue weighted by Gasteiger charge is -2.16. The largest absolute Gasteiger partial charge is 0.493 e. The first-order chi connectivity index (χ1) is 13.9. The lowest BCUT2D eigenvalue weighted by atomic mass is 10.1. The number of rotatable bonds is 7. The smallest absolute Gasteiger partial charge is 0.272 e. The molecule has 1 heterocycles. The zero-order valence-corrected chi connectivity index (χ0v) is 18.1. The number of carbonyl (C=O) groups is 2. The molecule has 0 N–H and O–H groups in total. The summed E-state index contributed by atoms with van der Waals surface area (Å²) in [6.45, 7) is 6.07. The van der Waals surface area contributed by atoms with Crippen molar-refractivity contribution in [3.63, 3.8) is 0 Å². The second kappa shape index (κ2) is 8.74. The molecule has 0 radical (unpaired) electrons. The van der Waals surface area contributed by atoms with E-state index in [-0.39, 0.29) is 17.1 Å². The number of aryl methyl sites for hydroxylation is 1. The van der Waals surface area contributed by atoms with Crippen LogP contribution in [0.4, 0.5) is 5.69 Å². The van der Waals surface area contributed by atoms with Crippen LogP contribution in [0.25, 0.3) is 5.57 Å². The van der Waals surface area contributed by atoms with Crippen molar-refractivity contribution in [2.24, 2.45) is 0 Å². The summed E-state index contributed by atoms with van der Waals surface area (Å²) < 4.78 is 10.7. The predicted molar refractivity (Wildman–Crippen MR) is 118 cm³/mol. The Kier molecular flexibility index (Phi) is 6.33. The van der Waals surface area contributed by atoms with Gasteiger partial charge in [-0.3, -0.25) is 9.59 Å². The lowest BCUT2D eigenvalue weighted by molar-refractivity contribution is -0.119. The van der Waals surface area contributed by atoms with Gasteiger partial charge in [-0.25, -0.2) is 4.90 Å². The molecule has 2 amide bonds. The molecule has 0 aromatic heterocycles. The maximum Gasteiger partial charge on any atom is 0.272 e. The minimum Gasteiger partial charge on any atom is -0.493 e. The number of anilines is 1. The molecule has 2 aromatic carbocycles. The Labute approximate surface area is 175 Å². The van der Waals surface area contributed by atoms with E-state index in [1.807, 2.05) is 38.1 Å². The number of ether oxygens (including phenoxy) is 2. The van der Waals surface area contributed by atoms with Crippen molar-refractivity contribution in [3.8, 4) is 11.5 Å². The zero-order chi connectivity index (χ0) is 21.1. The van der Waals surface area contributed by atoms with Gasteiger partial charge in [0.05, 0.1) is 30.4 Å². The van der Waals surface area contributed by atoms with Crippen molar-refractivity contribution in [1.29, 1.82) is 0 Å². The highest BCUT2D eigenvalue weighted by Gasteiger charge is 2.40. The molecule has 3 rings (SSSR count). The van der Waals surface area contributed by atoms with Crippen molar-refractivity contribution in [3.05, 3.63) is 58.5 Å². The van der Waals surface area contributed by atoms with Crippen molar-refractivity contribution >= 4 is 34.8 Å². The van der Waals surface area contributed by atoms with Crippen molar-refractivity contribution in [1.82, 2.24) is 0 Å². The second-order valence-corrected chi connectivity index (χ2v) is 8.49. The van der Waals surface area contributed by atoms with Gasteiger partial charge in [0.1, 0.15) is 0 Å². The van der Waals surface area contributed by atoms with E-state index in [2.05, 4.69) is 6.92 Å². The Morgan fingerprint density at radius 2 is 1.59 bits per heavy atom. The van der Waals surface area contributed by atoms with Gasteiger partial charge in [0.25, 0.3) is 11.8 Å². The average molecular weight is 412 g/mol. The van der Waals surface area contributed by atoms with Crippen molar-refractivity contribution in [2.75, 3.05) is 19.1 Å². The van der Waals surface area contributed by atoms with Gasteiger partial charge in [0.15, 0.2) is 11.5 Å². The molecule has 0 unspecified atom stereocenters. The average Bonchev–Trinajstić information content (AvgIpc) is 2.96. The first-order valence-corrected chi connectivity index (χ1v) is 10.4. The molecule has 0 aliphatic carbocycles. The van der Waals surface area contributed by atoms with Crippen LogP contribution in [0.2, 0.25) is 0 Å². The van der Waals surface area contributed by atoms with Gasteiger partial charge in [-0.1, -0.05) is 39.0 Å². The summed E-state index contributed by atoms with van der Waals surface area (Å²) in [6, 6.07) is 12.8. The van der Waals surface area contributed by atoms with Gasteiger partial charge in [0, 0.05) is 5.25 Å². The fourth-order valence-electron chi connectivity index (χ4n) is 3.22. The van der Waals surface area contributed by atoms with Crippen LogP contribution >= 0.6 is 11.8 Å². The minimum absolute atomic E-state index is 0.152. The Morgan fingerprint density at radius 3 is 2.14 bits per heavy atom. The number of hydrogen-bond donors (Lipinski definition) is 0. The topological polar surface area (TPSA) is 55.8 Å². The number of amides is 2. The Bertz CT molecular complexity index is 963. The quantitative estimate of drug-likeness (QED) is 0.619. The number of nitrogens with zero attached hydrogens (tertiary/aromatic N) is 1. The molecular formula is C23H25NO4S. The van der Waals surface area contributed by atoms with E-state index in [4.69, 9.17) is 9.47 Å². The molecule has 6 heteroatoms. The molecular weight excluding hydrogens is 386 g/mol. The molecule has 2 aromatic rings. The summed E-state index contributed by atoms with van der Waals surface area (Å²) in [5.74, 6) is 0.466. The number of methoxy groups -OCH3 is 2. The first-order valence-electron chi connectivity index (χ1n) is 9.52. The van der Waals surface area contributed by atoms with E-state index in [0.717, 1.165) is 12.0 Å². The molecule has 0 atom stereocenters. The summed E-state index contributed by atoms with van der Waals surface area (Å²) in [5.41, 5.74) is 2.76. The van der Waals surface area contributed by atoms with Crippen LogP contribution in [-0.2, 0) is 16.0 Å². The molecule has 0 saturated carbocycles. The standard InChI is InChI=1S/C23H25NO4S/c1-6-15-7-10-17(11-8-15)24-22(25)20(21(23(24)26)29-14(2)3)16-9-12-18(27-4)19(13-16)28-5/h7-14H,6H2,1-5H3. The summed E-state index contributed by atoms with van der Waals surface area (Å²) in [4.78, 5) is 28.3. The summed E-state index contributed by atoms with van der Waals surface area (Å²) in [6.07, 6.45) is 0.895. The third-order valence-corrected chi connectivity index (χ3v) is 5.76. The summed E-state index contributed by atoms with van der Waals surface area (Å²) in [7, 11) is 3.10. The highest BCUT2D eigenvalue weighted by atomic mass is 32.2. The molecule has 29 heavy (non-hydrogen) atoms. The third kappa shape index (κ3) is 4.03. The lowest BCUT2D eigenvalue weighted by Crippen LogP contribution is -2.31. The highest BCUT2D eigenvalue weighted by Crippen LogP contribution is 2.41. The molecule has 152 valence electrons. The highest BCUT2D eigenvalue weighted by molar-refractivity contribution is 8.04. The van der Waals surface area contributed by atoms with Gasteiger partial charge in [-0.05, 0) is 41.8 Å². The van der Waals surface area contributed by atoms with E-state index in [1.165, 1.54) is 16.7 Å². The van der Waals surface area contributed by atoms with E-state index in [0.29, 0.717) is 33.2 Å². The second-order valence-electron chi connectivity index (χ2n) is 6.91. The fraction of sp³-hybridized carbons (Fsp3) is 0.304. The SMILES string of the molecule is CCc1ccc(N2C(=O)C(SC(C)C)=C(c3ccc(OC)c(OC)c3)C2=O)cc1. The molecule has 5 nitrogen and oxygen atoms in total. The van der Waals surface area contributed by atoms with E-state index in [1.54, 1.807) is 32.4 Å². The van der Waals surface area contributed by atoms with Crippen molar-refractivity contribution < 1.29 is 19.1 Å². The van der Waals surface area contributed by atoms with E-state index in [9.17, 15) is 9.59 Å². The van der Waals surface area contributed by atoms with Crippen LogP contribution in [0.5, 0.6) is 11.5 Å². The first kappa shape index (κ1) is 21.0. The van der Waals surface area contributed by atoms with E-state index >= 15 is 0 Å². The van der Waals surface area contributed by atoms with Gasteiger partial charge >= 0.3 is 0 Å². The predicted octanol–water partition coefficient (Wildman–Crippen LogP) is 4.69. The van der Waals surface area contributed by atoms with Crippen LogP contribution in [0.15, 0.2) is 47.4 Å². The maximum atomic E-state index is 13.4. The van der Waals surface area contributed by atoms with Crippen LogP contribution in [0, 0.1) is 0 Å². The minimum atomic E-state index is -0.324. The van der Waals surface area contributed by atoms with Gasteiger partial charge in [0.2, 0.25) is 0 Å². The number of thioether (sulfide) groups is 1. The van der Waals surface area contributed by atoms with Crippen LogP contribution in [-0.4, -0.2) is 31.3 Å². The van der Waals surface area contributed by atoms with Crippen LogP contribution in [0.1, 0.15) is 31.9 Å². The van der Waals surface area contributed by atoms with Crippen LogP contribution in [0.3, 0.4) is 0 Å². The molecule has 0 fully saturated rings. The van der Waals surface area contributed by atoms with Gasteiger partial charge in [-0.2, -0.15) is 0 Å². The number of carbonyl (C=O) groups excluding carboxylic acids is 2. The van der Waals surface area contributed by atoms with Crippen LogP contribution < -0.4 is 14.4 Å². The summed E-state index contributed by atoms with van der Waals surface area (Å²) in [5, 5.41) is 0.152. The van der Waals surface area contributed by atoms with Gasteiger partial charge < -0.3 is 9.47 Å². The Hall–Kier alpha value is -2.73. The monoisotopic (exact) mass is 411 g/mol. The maximum absolute atomic E-state index is 13.4. The third-order valence-electron chi connectivity index (χ3n) is 4.67. The van der Waals surface area contributed by atoms with E-state index < -0.39 is 0 Å². The number of imide groups is 1. The molecule has 1 aliphatic rings. The Morgan fingerprint density at radius 1 is 0.931 bits per heavy atom. The molecule has 1 aliphatic heterocycles. The molecule has 0 saturated heterocycles. The molecule has 0 bridgehead atoms. The van der Waals surface area contributed by atoms with Crippen molar-refractivity contribution in [2.45, 2.75) is 32.4 Å². The number of benzene rings is 2. The Balaban J connectivity index is 2.09. The molecule has 0 spiro atoms. The fourth-order valence-corrected chi connectivity index (χ4v) is 4.20. The summed E-state index contributed by atoms with van der Waals surface area (Å²) >= 11 is 1.40. The van der Waals surface area contributed by atoms with Gasteiger partial charge in [-0.15, -0.1) is 11.8 Å².